The van der Waals surface area contributed by atoms with Crippen molar-refractivity contribution in [2.45, 2.75) is 45.6 Å². The summed E-state index contributed by atoms with van der Waals surface area (Å²) in [4.78, 5) is 2.72. The molecule has 2 aliphatic rings. The molecular weight excluding hydrogens is 186 g/mol. The summed E-state index contributed by atoms with van der Waals surface area (Å²) in [5, 5.41) is 0. The van der Waals surface area contributed by atoms with E-state index in [1.165, 1.54) is 32.4 Å². The highest BCUT2D eigenvalue weighted by Crippen LogP contribution is 2.45. The van der Waals surface area contributed by atoms with Crippen LogP contribution in [0, 0.1) is 11.8 Å². The first-order valence-corrected chi connectivity index (χ1v) is 6.53. The third-order valence-electron chi connectivity index (χ3n) is 4.58. The van der Waals surface area contributed by atoms with Crippen LogP contribution in [0.3, 0.4) is 0 Å². The van der Waals surface area contributed by atoms with E-state index in [0.29, 0.717) is 5.54 Å². The first-order chi connectivity index (χ1) is 7.20. The lowest BCUT2D eigenvalue weighted by Crippen LogP contribution is -2.52. The SMILES string of the molecule is CCN1CCC(C(C)C)C12CCOCC2. The molecule has 2 rings (SSSR count). The Morgan fingerprint density at radius 3 is 2.53 bits per heavy atom. The molecule has 1 unspecified atom stereocenters. The molecule has 0 bridgehead atoms. The largest absolute Gasteiger partial charge is 0.381 e. The number of hydrogen-bond donors (Lipinski definition) is 0. The third-order valence-corrected chi connectivity index (χ3v) is 4.58. The zero-order valence-electron chi connectivity index (χ0n) is 10.5. The molecule has 0 aromatic heterocycles. The topological polar surface area (TPSA) is 12.5 Å². The molecule has 1 atom stereocenters. The molecule has 1 spiro atoms. The lowest BCUT2D eigenvalue weighted by molar-refractivity contribution is -0.0347. The molecule has 15 heavy (non-hydrogen) atoms. The molecule has 2 nitrogen and oxygen atoms in total. The minimum Gasteiger partial charge on any atom is -0.381 e. The van der Waals surface area contributed by atoms with E-state index >= 15 is 0 Å². The highest BCUT2D eigenvalue weighted by molar-refractivity contribution is 5.03. The molecule has 0 saturated carbocycles. The molecule has 0 aromatic carbocycles. The minimum absolute atomic E-state index is 0.487. The standard InChI is InChI=1S/C13H25NO/c1-4-14-8-5-12(11(2)3)13(14)6-9-15-10-7-13/h11-12H,4-10H2,1-3H3. The Hall–Kier alpha value is -0.0800. The summed E-state index contributed by atoms with van der Waals surface area (Å²) < 4.78 is 5.55. The van der Waals surface area contributed by atoms with E-state index in [2.05, 4.69) is 25.7 Å². The van der Waals surface area contributed by atoms with Crippen molar-refractivity contribution in [3.05, 3.63) is 0 Å². The zero-order chi connectivity index (χ0) is 10.9. The molecule has 0 amide bonds. The smallest absolute Gasteiger partial charge is 0.0483 e. The van der Waals surface area contributed by atoms with Crippen LogP contribution in [0.5, 0.6) is 0 Å². The van der Waals surface area contributed by atoms with Gasteiger partial charge in [0, 0.05) is 18.8 Å². The molecule has 0 aromatic rings. The van der Waals surface area contributed by atoms with Gasteiger partial charge in [-0.3, -0.25) is 4.90 Å². The molecule has 0 radical (unpaired) electrons. The van der Waals surface area contributed by atoms with Crippen molar-refractivity contribution in [1.29, 1.82) is 0 Å². The molecular formula is C13H25NO. The van der Waals surface area contributed by atoms with Gasteiger partial charge in [-0.05, 0) is 44.2 Å². The van der Waals surface area contributed by atoms with Gasteiger partial charge in [-0.25, -0.2) is 0 Å². The van der Waals surface area contributed by atoms with Crippen LogP contribution >= 0.6 is 0 Å². The van der Waals surface area contributed by atoms with Crippen LogP contribution in [0.25, 0.3) is 0 Å². The van der Waals surface area contributed by atoms with Gasteiger partial charge in [0.2, 0.25) is 0 Å². The molecule has 2 fully saturated rings. The van der Waals surface area contributed by atoms with Crippen LogP contribution in [0.2, 0.25) is 0 Å². The molecule has 0 aliphatic carbocycles. The fourth-order valence-electron chi connectivity index (χ4n) is 3.86. The van der Waals surface area contributed by atoms with Gasteiger partial charge in [0.25, 0.3) is 0 Å². The van der Waals surface area contributed by atoms with E-state index in [0.717, 1.165) is 25.0 Å². The molecule has 2 heterocycles. The van der Waals surface area contributed by atoms with E-state index in [4.69, 9.17) is 4.74 Å². The lowest BCUT2D eigenvalue weighted by Gasteiger charge is -2.46. The maximum atomic E-state index is 5.55. The average molecular weight is 211 g/mol. The monoisotopic (exact) mass is 211 g/mol. The van der Waals surface area contributed by atoms with Crippen LogP contribution in [0.15, 0.2) is 0 Å². The first kappa shape index (κ1) is 11.4. The molecule has 2 saturated heterocycles. The number of nitrogens with zero attached hydrogens (tertiary/aromatic N) is 1. The number of likely N-dealkylation sites (tertiary alicyclic amines) is 1. The van der Waals surface area contributed by atoms with Gasteiger partial charge in [0.15, 0.2) is 0 Å². The highest BCUT2D eigenvalue weighted by atomic mass is 16.5. The van der Waals surface area contributed by atoms with Gasteiger partial charge < -0.3 is 4.74 Å². The van der Waals surface area contributed by atoms with E-state index in [1.54, 1.807) is 0 Å². The van der Waals surface area contributed by atoms with Gasteiger partial charge in [-0.1, -0.05) is 20.8 Å². The summed E-state index contributed by atoms with van der Waals surface area (Å²) in [5.41, 5.74) is 0.487. The summed E-state index contributed by atoms with van der Waals surface area (Å²) in [7, 11) is 0. The van der Waals surface area contributed by atoms with E-state index in [9.17, 15) is 0 Å². The normalized spacial score (nSPS) is 31.6. The molecule has 2 heteroatoms. The van der Waals surface area contributed by atoms with Gasteiger partial charge in [-0.2, -0.15) is 0 Å². The molecule has 0 N–H and O–H groups in total. The van der Waals surface area contributed by atoms with E-state index in [1.807, 2.05) is 0 Å². The summed E-state index contributed by atoms with van der Waals surface area (Å²) in [6.45, 7) is 11.5. The van der Waals surface area contributed by atoms with Crippen molar-refractivity contribution in [3.63, 3.8) is 0 Å². The Bertz CT molecular complexity index is 209. The van der Waals surface area contributed by atoms with Crippen LogP contribution in [0.1, 0.15) is 40.0 Å². The predicted molar refractivity (Wildman–Crippen MR) is 63.0 cm³/mol. The number of ether oxygens (including phenoxy) is 1. The van der Waals surface area contributed by atoms with Crippen LogP contribution in [0.4, 0.5) is 0 Å². The Kier molecular flexibility index (Phi) is 3.36. The van der Waals surface area contributed by atoms with Gasteiger partial charge in [0.05, 0.1) is 0 Å². The lowest BCUT2D eigenvalue weighted by atomic mass is 9.73. The maximum absolute atomic E-state index is 5.55. The van der Waals surface area contributed by atoms with Crippen molar-refractivity contribution in [3.8, 4) is 0 Å². The fraction of sp³-hybridized carbons (Fsp3) is 1.00. The summed E-state index contributed by atoms with van der Waals surface area (Å²) in [5.74, 6) is 1.71. The second-order valence-corrected chi connectivity index (χ2v) is 5.43. The van der Waals surface area contributed by atoms with Gasteiger partial charge in [0.1, 0.15) is 0 Å². The molecule has 2 aliphatic heterocycles. The first-order valence-electron chi connectivity index (χ1n) is 6.53. The maximum Gasteiger partial charge on any atom is 0.0483 e. The quantitative estimate of drug-likeness (QED) is 0.696. The second-order valence-electron chi connectivity index (χ2n) is 5.43. The summed E-state index contributed by atoms with van der Waals surface area (Å²) in [6.07, 6.45) is 3.90. The third kappa shape index (κ3) is 1.83. The van der Waals surface area contributed by atoms with Gasteiger partial charge >= 0.3 is 0 Å². The van der Waals surface area contributed by atoms with Crippen molar-refractivity contribution < 1.29 is 4.74 Å². The Labute approximate surface area is 94.0 Å². The van der Waals surface area contributed by atoms with Gasteiger partial charge in [-0.15, -0.1) is 0 Å². The van der Waals surface area contributed by atoms with E-state index < -0.39 is 0 Å². The average Bonchev–Trinajstić information content (AvgIpc) is 2.57. The second kappa shape index (κ2) is 4.42. The van der Waals surface area contributed by atoms with Crippen molar-refractivity contribution in [2.75, 3.05) is 26.3 Å². The minimum atomic E-state index is 0.487. The number of rotatable bonds is 2. The van der Waals surface area contributed by atoms with Crippen LogP contribution in [-0.2, 0) is 4.74 Å². The van der Waals surface area contributed by atoms with E-state index in [-0.39, 0.29) is 0 Å². The Balaban J connectivity index is 2.19. The zero-order valence-corrected chi connectivity index (χ0v) is 10.5. The fourth-order valence-corrected chi connectivity index (χ4v) is 3.86. The Morgan fingerprint density at radius 1 is 1.33 bits per heavy atom. The molecule has 88 valence electrons. The van der Waals surface area contributed by atoms with Crippen molar-refractivity contribution in [1.82, 2.24) is 4.90 Å². The Morgan fingerprint density at radius 2 is 2.00 bits per heavy atom. The summed E-state index contributed by atoms with van der Waals surface area (Å²) >= 11 is 0. The van der Waals surface area contributed by atoms with Crippen molar-refractivity contribution >= 4 is 0 Å². The van der Waals surface area contributed by atoms with Crippen LogP contribution < -0.4 is 0 Å². The highest BCUT2D eigenvalue weighted by Gasteiger charge is 2.49. The number of hydrogen-bond acceptors (Lipinski definition) is 2. The van der Waals surface area contributed by atoms with Crippen LogP contribution in [-0.4, -0.2) is 36.7 Å². The predicted octanol–water partition coefficient (Wildman–Crippen LogP) is 2.53. The summed E-state index contributed by atoms with van der Waals surface area (Å²) in [6, 6.07) is 0. The van der Waals surface area contributed by atoms with Crippen molar-refractivity contribution in [2.24, 2.45) is 11.8 Å².